The number of carbonyl (C=O) groups excluding carboxylic acids is 2. The lowest BCUT2D eigenvalue weighted by Gasteiger charge is -2.18. The molecular formula is C16H21N5O2. The molecule has 23 heavy (non-hydrogen) atoms. The van der Waals surface area contributed by atoms with Crippen LogP contribution in [0, 0.1) is 11.8 Å². The van der Waals surface area contributed by atoms with Crippen molar-refractivity contribution in [3.63, 3.8) is 0 Å². The summed E-state index contributed by atoms with van der Waals surface area (Å²) >= 11 is 0. The molecule has 2 aromatic rings. The van der Waals surface area contributed by atoms with Crippen LogP contribution >= 0.6 is 0 Å². The van der Waals surface area contributed by atoms with E-state index in [2.05, 4.69) is 29.4 Å². The SMILES string of the molecule is CC(C)CN1C[C@@H](C(=O)NCc2nnc3ccccn23)CC1=O. The molecule has 0 bridgehead atoms. The largest absolute Gasteiger partial charge is 0.348 e. The molecule has 0 radical (unpaired) electrons. The van der Waals surface area contributed by atoms with E-state index in [9.17, 15) is 9.59 Å². The van der Waals surface area contributed by atoms with Gasteiger partial charge in [-0.3, -0.25) is 14.0 Å². The molecule has 0 unspecified atom stereocenters. The Labute approximate surface area is 134 Å². The highest BCUT2D eigenvalue weighted by molar-refractivity contribution is 5.89. The maximum absolute atomic E-state index is 12.3. The first-order chi connectivity index (χ1) is 11.0. The number of amides is 2. The monoisotopic (exact) mass is 315 g/mol. The van der Waals surface area contributed by atoms with Gasteiger partial charge in [0.1, 0.15) is 0 Å². The molecule has 7 nitrogen and oxygen atoms in total. The van der Waals surface area contributed by atoms with Gasteiger partial charge in [0, 0.05) is 25.7 Å². The van der Waals surface area contributed by atoms with Gasteiger partial charge in [-0.1, -0.05) is 19.9 Å². The van der Waals surface area contributed by atoms with Gasteiger partial charge in [-0.2, -0.15) is 0 Å². The number of hydrogen-bond donors (Lipinski definition) is 1. The number of nitrogens with zero attached hydrogens (tertiary/aromatic N) is 4. The van der Waals surface area contributed by atoms with Gasteiger partial charge in [-0.25, -0.2) is 0 Å². The fraction of sp³-hybridized carbons (Fsp3) is 0.500. The number of pyridine rings is 1. The van der Waals surface area contributed by atoms with E-state index in [1.807, 2.05) is 28.8 Å². The number of hydrogen-bond acceptors (Lipinski definition) is 4. The first-order valence-electron chi connectivity index (χ1n) is 7.88. The molecule has 3 heterocycles. The van der Waals surface area contributed by atoms with Crippen LogP contribution in [-0.4, -0.2) is 44.4 Å². The maximum atomic E-state index is 12.3. The Kier molecular flexibility index (Phi) is 4.27. The lowest BCUT2D eigenvalue weighted by Crippen LogP contribution is -2.34. The highest BCUT2D eigenvalue weighted by Gasteiger charge is 2.34. The van der Waals surface area contributed by atoms with Crippen molar-refractivity contribution in [3.05, 3.63) is 30.2 Å². The summed E-state index contributed by atoms with van der Waals surface area (Å²) in [5.74, 6) is 0.768. The highest BCUT2D eigenvalue weighted by atomic mass is 16.2. The molecule has 122 valence electrons. The Morgan fingerprint density at radius 3 is 3.00 bits per heavy atom. The fourth-order valence-corrected chi connectivity index (χ4v) is 2.89. The minimum atomic E-state index is -0.277. The van der Waals surface area contributed by atoms with E-state index < -0.39 is 0 Å². The first-order valence-corrected chi connectivity index (χ1v) is 7.88. The third-order valence-electron chi connectivity index (χ3n) is 3.98. The quantitative estimate of drug-likeness (QED) is 0.887. The maximum Gasteiger partial charge on any atom is 0.225 e. The Morgan fingerprint density at radius 1 is 1.39 bits per heavy atom. The molecular weight excluding hydrogens is 294 g/mol. The van der Waals surface area contributed by atoms with E-state index in [4.69, 9.17) is 0 Å². The molecule has 0 aromatic carbocycles. The number of nitrogens with one attached hydrogen (secondary N) is 1. The van der Waals surface area contributed by atoms with Crippen molar-refractivity contribution >= 4 is 17.5 Å². The second kappa shape index (κ2) is 6.36. The summed E-state index contributed by atoms with van der Waals surface area (Å²) in [6, 6.07) is 5.64. The van der Waals surface area contributed by atoms with Crippen molar-refractivity contribution in [2.75, 3.05) is 13.1 Å². The molecule has 1 N–H and O–H groups in total. The molecule has 2 aromatic heterocycles. The van der Waals surface area contributed by atoms with Gasteiger partial charge < -0.3 is 10.2 Å². The zero-order valence-electron chi connectivity index (χ0n) is 13.4. The van der Waals surface area contributed by atoms with Gasteiger partial charge in [0.2, 0.25) is 11.8 Å². The average molecular weight is 315 g/mol. The van der Waals surface area contributed by atoms with Crippen LogP contribution in [0.5, 0.6) is 0 Å². The van der Waals surface area contributed by atoms with Gasteiger partial charge in [-0.15, -0.1) is 10.2 Å². The summed E-state index contributed by atoms with van der Waals surface area (Å²) in [7, 11) is 0. The normalized spacial score (nSPS) is 18.1. The molecule has 2 amide bonds. The number of fused-ring (bicyclic) bond motifs is 1. The third kappa shape index (κ3) is 3.33. The molecule has 1 atom stereocenters. The van der Waals surface area contributed by atoms with E-state index in [1.54, 1.807) is 4.90 Å². The zero-order valence-corrected chi connectivity index (χ0v) is 13.4. The van der Waals surface area contributed by atoms with Crippen LogP contribution in [0.15, 0.2) is 24.4 Å². The van der Waals surface area contributed by atoms with Crippen LogP contribution in [0.1, 0.15) is 26.1 Å². The van der Waals surface area contributed by atoms with E-state index in [0.717, 1.165) is 5.65 Å². The second-order valence-corrected chi connectivity index (χ2v) is 6.36. The van der Waals surface area contributed by atoms with Crippen molar-refractivity contribution in [3.8, 4) is 0 Å². The fourth-order valence-electron chi connectivity index (χ4n) is 2.89. The van der Waals surface area contributed by atoms with E-state index in [-0.39, 0.29) is 17.7 Å². The summed E-state index contributed by atoms with van der Waals surface area (Å²) < 4.78 is 1.84. The van der Waals surface area contributed by atoms with Crippen LogP contribution in [-0.2, 0) is 16.1 Å². The molecule has 0 saturated carbocycles. The Hall–Kier alpha value is -2.44. The van der Waals surface area contributed by atoms with Crippen LogP contribution < -0.4 is 5.32 Å². The molecule has 1 aliphatic rings. The minimum absolute atomic E-state index is 0.0618. The van der Waals surface area contributed by atoms with Gasteiger partial charge >= 0.3 is 0 Å². The Bertz CT molecular complexity index is 724. The Morgan fingerprint density at radius 2 is 2.22 bits per heavy atom. The molecule has 3 rings (SSSR count). The Balaban J connectivity index is 1.59. The number of rotatable bonds is 5. The van der Waals surface area contributed by atoms with Crippen LogP contribution in [0.4, 0.5) is 0 Å². The topological polar surface area (TPSA) is 79.6 Å². The van der Waals surface area contributed by atoms with Crippen molar-refractivity contribution in [2.45, 2.75) is 26.8 Å². The van der Waals surface area contributed by atoms with Gasteiger partial charge in [0.15, 0.2) is 11.5 Å². The highest BCUT2D eigenvalue weighted by Crippen LogP contribution is 2.19. The molecule has 1 aliphatic heterocycles. The van der Waals surface area contributed by atoms with E-state index in [1.165, 1.54) is 0 Å². The third-order valence-corrected chi connectivity index (χ3v) is 3.98. The summed E-state index contributed by atoms with van der Waals surface area (Å²) in [4.78, 5) is 26.0. The van der Waals surface area contributed by atoms with Gasteiger partial charge in [0.25, 0.3) is 0 Å². The van der Waals surface area contributed by atoms with Gasteiger partial charge in [0.05, 0.1) is 12.5 Å². The molecule has 1 fully saturated rings. The van der Waals surface area contributed by atoms with Crippen LogP contribution in [0.3, 0.4) is 0 Å². The molecule has 7 heteroatoms. The smallest absolute Gasteiger partial charge is 0.225 e. The predicted octanol–water partition coefficient (Wildman–Crippen LogP) is 0.850. The van der Waals surface area contributed by atoms with E-state index >= 15 is 0 Å². The van der Waals surface area contributed by atoms with Crippen molar-refractivity contribution in [1.82, 2.24) is 24.8 Å². The molecule has 0 spiro atoms. The minimum Gasteiger partial charge on any atom is -0.348 e. The average Bonchev–Trinajstić information content (AvgIpc) is 3.09. The van der Waals surface area contributed by atoms with Crippen molar-refractivity contribution in [1.29, 1.82) is 0 Å². The first kappa shape index (κ1) is 15.5. The number of carbonyl (C=O) groups is 2. The summed E-state index contributed by atoms with van der Waals surface area (Å²) in [5.41, 5.74) is 0.746. The zero-order chi connectivity index (χ0) is 16.4. The van der Waals surface area contributed by atoms with Crippen LogP contribution in [0.2, 0.25) is 0 Å². The standard InChI is InChI=1S/C16H21N5O2/c1-11(2)9-20-10-12(7-15(20)22)16(23)17-8-14-19-18-13-5-3-4-6-21(13)14/h3-6,11-12H,7-10H2,1-2H3,(H,17,23)/t12-/m0/s1. The number of likely N-dealkylation sites (tertiary alicyclic amines) is 1. The summed E-state index contributed by atoms with van der Waals surface area (Å²) in [6.45, 7) is 5.65. The lowest BCUT2D eigenvalue weighted by atomic mass is 10.1. The lowest BCUT2D eigenvalue weighted by molar-refractivity contribution is -0.129. The van der Waals surface area contributed by atoms with E-state index in [0.29, 0.717) is 37.8 Å². The summed E-state index contributed by atoms with van der Waals surface area (Å²) in [5, 5.41) is 11.0. The molecule has 1 saturated heterocycles. The van der Waals surface area contributed by atoms with Crippen molar-refractivity contribution < 1.29 is 9.59 Å². The predicted molar refractivity (Wildman–Crippen MR) is 84.4 cm³/mol. The van der Waals surface area contributed by atoms with Crippen LogP contribution in [0.25, 0.3) is 5.65 Å². The van der Waals surface area contributed by atoms with Crippen molar-refractivity contribution in [2.24, 2.45) is 11.8 Å². The summed E-state index contributed by atoms with van der Waals surface area (Å²) in [6.07, 6.45) is 2.15. The van der Waals surface area contributed by atoms with Gasteiger partial charge in [-0.05, 0) is 18.1 Å². The number of aromatic nitrogens is 3. The molecule has 0 aliphatic carbocycles. The second-order valence-electron chi connectivity index (χ2n) is 6.36.